The summed E-state index contributed by atoms with van der Waals surface area (Å²) in [6.45, 7) is 0.559. The topological polar surface area (TPSA) is 66.8 Å². The van der Waals surface area contributed by atoms with Crippen LogP contribution in [0.4, 0.5) is 9.18 Å². The molecule has 24 heavy (non-hydrogen) atoms. The van der Waals surface area contributed by atoms with Gasteiger partial charge in [-0.2, -0.15) is 0 Å². The van der Waals surface area contributed by atoms with Crippen molar-refractivity contribution in [2.24, 2.45) is 0 Å². The van der Waals surface area contributed by atoms with Gasteiger partial charge >= 0.3 is 12.1 Å². The van der Waals surface area contributed by atoms with Crippen LogP contribution < -0.4 is 0 Å². The van der Waals surface area contributed by atoms with Crippen LogP contribution in [0.1, 0.15) is 27.0 Å². The standard InChI is InChI=1S/C18H16FNO4/c19-16-14(17(21)22)7-6-13-8-9-20(10-15(13)16)18(23)24-11-12-4-2-1-3-5-12/h1-7H,8-11H2,(H,21,22). The zero-order valence-electron chi connectivity index (χ0n) is 12.9. The van der Waals surface area contributed by atoms with E-state index in [9.17, 15) is 14.0 Å². The van der Waals surface area contributed by atoms with Crippen molar-refractivity contribution in [3.8, 4) is 0 Å². The monoisotopic (exact) mass is 329 g/mol. The summed E-state index contributed by atoms with van der Waals surface area (Å²) >= 11 is 0. The molecule has 3 rings (SSSR count). The second-order valence-corrected chi connectivity index (χ2v) is 5.58. The van der Waals surface area contributed by atoms with Crippen LogP contribution in [0.25, 0.3) is 0 Å². The Hall–Kier alpha value is -2.89. The molecular weight excluding hydrogens is 313 g/mol. The fourth-order valence-electron chi connectivity index (χ4n) is 2.72. The average molecular weight is 329 g/mol. The molecule has 0 radical (unpaired) electrons. The number of amides is 1. The maximum absolute atomic E-state index is 14.3. The third-order valence-electron chi connectivity index (χ3n) is 4.03. The van der Waals surface area contributed by atoms with E-state index in [0.717, 1.165) is 11.1 Å². The molecule has 6 heteroatoms. The highest BCUT2D eigenvalue weighted by Gasteiger charge is 2.26. The molecule has 0 spiro atoms. The number of benzene rings is 2. The van der Waals surface area contributed by atoms with Crippen molar-refractivity contribution in [3.05, 3.63) is 70.5 Å². The summed E-state index contributed by atoms with van der Waals surface area (Å²) in [5.74, 6) is -2.10. The average Bonchev–Trinajstić information content (AvgIpc) is 2.60. The largest absolute Gasteiger partial charge is 0.478 e. The van der Waals surface area contributed by atoms with Crippen molar-refractivity contribution in [2.75, 3.05) is 6.54 Å². The summed E-state index contributed by atoms with van der Waals surface area (Å²) in [4.78, 5) is 24.6. The van der Waals surface area contributed by atoms with E-state index >= 15 is 0 Å². The maximum atomic E-state index is 14.3. The predicted octanol–water partition coefficient (Wildman–Crippen LogP) is 3.22. The van der Waals surface area contributed by atoms with Crippen molar-refractivity contribution >= 4 is 12.1 Å². The summed E-state index contributed by atoms with van der Waals surface area (Å²) in [5, 5.41) is 9.01. The van der Waals surface area contributed by atoms with Crippen LogP contribution in [0.5, 0.6) is 0 Å². The number of carbonyl (C=O) groups is 2. The van der Waals surface area contributed by atoms with E-state index in [1.54, 1.807) is 6.07 Å². The van der Waals surface area contributed by atoms with Crippen LogP contribution in [-0.4, -0.2) is 28.6 Å². The number of carboxylic acids is 1. The summed E-state index contributed by atoms with van der Waals surface area (Å²) in [5.41, 5.74) is 1.46. The number of fused-ring (bicyclic) bond motifs is 1. The van der Waals surface area contributed by atoms with E-state index in [2.05, 4.69) is 0 Å². The zero-order chi connectivity index (χ0) is 17.1. The number of carboxylic acid groups (broad SMARTS) is 1. The number of halogens is 1. The summed E-state index contributed by atoms with van der Waals surface area (Å²) in [6.07, 6.45) is -0.0725. The Morgan fingerprint density at radius 2 is 1.92 bits per heavy atom. The molecule has 2 aromatic carbocycles. The van der Waals surface area contributed by atoms with E-state index in [1.165, 1.54) is 11.0 Å². The van der Waals surface area contributed by atoms with Crippen LogP contribution in [0.2, 0.25) is 0 Å². The summed E-state index contributed by atoms with van der Waals surface area (Å²) < 4.78 is 19.6. The van der Waals surface area contributed by atoms with E-state index < -0.39 is 17.9 Å². The van der Waals surface area contributed by atoms with Crippen LogP contribution in [-0.2, 0) is 24.3 Å². The Morgan fingerprint density at radius 3 is 2.62 bits per heavy atom. The summed E-state index contributed by atoms with van der Waals surface area (Å²) in [6, 6.07) is 12.1. The van der Waals surface area contributed by atoms with E-state index in [1.807, 2.05) is 30.3 Å². The van der Waals surface area contributed by atoms with Gasteiger partial charge in [-0.3, -0.25) is 0 Å². The minimum atomic E-state index is -1.32. The number of rotatable bonds is 3. The highest BCUT2D eigenvalue weighted by molar-refractivity contribution is 5.88. The van der Waals surface area contributed by atoms with Gasteiger partial charge in [-0.25, -0.2) is 14.0 Å². The first-order chi connectivity index (χ1) is 11.6. The van der Waals surface area contributed by atoms with Gasteiger partial charge in [-0.1, -0.05) is 36.4 Å². The number of hydrogen-bond donors (Lipinski definition) is 1. The lowest BCUT2D eigenvalue weighted by molar-refractivity contribution is 0.0691. The molecule has 0 aliphatic carbocycles. The molecule has 0 bridgehead atoms. The Labute approximate surface area is 138 Å². The SMILES string of the molecule is O=C(O)c1ccc2c(c1F)CN(C(=O)OCc1ccccc1)CC2. The molecule has 0 saturated heterocycles. The van der Waals surface area contributed by atoms with Gasteiger partial charge < -0.3 is 14.7 Å². The van der Waals surface area contributed by atoms with Gasteiger partial charge in [-0.05, 0) is 23.6 Å². The first-order valence-corrected chi connectivity index (χ1v) is 7.55. The number of aromatic carboxylic acids is 1. The molecule has 0 saturated carbocycles. The highest BCUT2D eigenvalue weighted by atomic mass is 19.1. The Balaban J connectivity index is 1.71. The maximum Gasteiger partial charge on any atom is 0.410 e. The smallest absolute Gasteiger partial charge is 0.410 e. The van der Waals surface area contributed by atoms with Crippen molar-refractivity contribution in [1.82, 2.24) is 4.90 Å². The van der Waals surface area contributed by atoms with E-state index in [-0.39, 0.29) is 24.3 Å². The van der Waals surface area contributed by atoms with Crippen LogP contribution >= 0.6 is 0 Å². The van der Waals surface area contributed by atoms with Crippen molar-refractivity contribution in [2.45, 2.75) is 19.6 Å². The van der Waals surface area contributed by atoms with Gasteiger partial charge in [0.2, 0.25) is 0 Å². The zero-order valence-corrected chi connectivity index (χ0v) is 12.9. The number of carbonyl (C=O) groups excluding carboxylic acids is 1. The molecule has 2 aromatic rings. The van der Waals surface area contributed by atoms with Gasteiger partial charge in [-0.15, -0.1) is 0 Å². The normalized spacial score (nSPS) is 13.3. The number of hydrogen-bond acceptors (Lipinski definition) is 3. The molecule has 5 nitrogen and oxygen atoms in total. The second kappa shape index (κ2) is 6.70. The molecule has 124 valence electrons. The predicted molar refractivity (Wildman–Crippen MR) is 84.1 cm³/mol. The molecule has 1 amide bonds. The van der Waals surface area contributed by atoms with Gasteiger partial charge in [0.15, 0.2) is 0 Å². The lowest BCUT2D eigenvalue weighted by Crippen LogP contribution is -2.37. The fourth-order valence-corrected chi connectivity index (χ4v) is 2.72. The van der Waals surface area contributed by atoms with Gasteiger partial charge in [0.05, 0.1) is 12.1 Å². The van der Waals surface area contributed by atoms with Crippen LogP contribution in [0.15, 0.2) is 42.5 Å². The molecule has 0 atom stereocenters. The first kappa shape index (κ1) is 16.0. The molecule has 1 N–H and O–H groups in total. The van der Waals surface area contributed by atoms with Crippen LogP contribution in [0.3, 0.4) is 0 Å². The lowest BCUT2D eigenvalue weighted by Gasteiger charge is -2.28. The number of nitrogens with zero attached hydrogens (tertiary/aromatic N) is 1. The fraction of sp³-hybridized carbons (Fsp3) is 0.222. The molecule has 0 unspecified atom stereocenters. The molecule has 0 aromatic heterocycles. The molecule has 0 fully saturated rings. The molecule has 1 aliphatic heterocycles. The minimum absolute atomic E-state index is 0.00983. The second-order valence-electron chi connectivity index (χ2n) is 5.58. The first-order valence-electron chi connectivity index (χ1n) is 7.55. The molecular formula is C18H16FNO4. The molecule has 1 heterocycles. The third-order valence-corrected chi connectivity index (χ3v) is 4.03. The van der Waals surface area contributed by atoms with Gasteiger partial charge in [0, 0.05) is 12.1 Å². The van der Waals surface area contributed by atoms with Crippen molar-refractivity contribution in [1.29, 1.82) is 0 Å². The highest BCUT2D eigenvalue weighted by Crippen LogP contribution is 2.25. The van der Waals surface area contributed by atoms with Crippen molar-refractivity contribution in [3.63, 3.8) is 0 Å². The van der Waals surface area contributed by atoms with E-state index in [4.69, 9.17) is 9.84 Å². The third kappa shape index (κ3) is 3.22. The summed E-state index contributed by atoms with van der Waals surface area (Å²) in [7, 11) is 0. The quantitative estimate of drug-likeness (QED) is 0.939. The number of ether oxygens (including phenoxy) is 1. The van der Waals surface area contributed by atoms with E-state index in [0.29, 0.717) is 13.0 Å². The minimum Gasteiger partial charge on any atom is -0.478 e. The Morgan fingerprint density at radius 1 is 1.17 bits per heavy atom. The van der Waals surface area contributed by atoms with Gasteiger partial charge in [0.25, 0.3) is 0 Å². The van der Waals surface area contributed by atoms with Crippen LogP contribution in [0, 0.1) is 5.82 Å². The Kier molecular flexibility index (Phi) is 4.46. The lowest BCUT2D eigenvalue weighted by atomic mass is 9.96. The Bertz CT molecular complexity index is 776. The van der Waals surface area contributed by atoms with Gasteiger partial charge in [0.1, 0.15) is 12.4 Å². The molecule has 1 aliphatic rings. The van der Waals surface area contributed by atoms with Crippen molar-refractivity contribution < 1.29 is 23.8 Å².